The van der Waals surface area contributed by atoms with E-state index in [1.54, 1.807) is 19.2 Å². The summed E-state index contributed by atoms with van der Waals surface area (Å²) in [4.78, 5) is 10.8. The van der Waals surface area contributed by atoms with Gasteiger partial charge in [-0.2, -0.15) is 5.10 Å². The van der Waals surface area contributed by atoms with Crippen molar-refractivity contribution < 1.29 is 14.3 Å². The summed E-state index contributed by atoms with van der Waals surface area (Å²) in [6.45, 7) is 0. The highest BCUT2D eigenvalue weighted by Gasteiger charge is 2.17. The molecule has 0 spiro atoms. The van der Waals surface area contributed by atoms with Crippen LogP contribution in [0.2, 0.25) is 0 Å². The molecule has 1 N–H and O–H groups in total. The van der Waals surface area contributed by atoms with E-state index < -0.39 is 5.97 Å². The Morgan fingerprint density at radius 1 is 1.64 bits per heavy atom. The van der Waals surface area contributed by atoms with E-state index in [1.165, 1.54) is 17.1 Å². The molecule has 2 heterocycles. The second-order valence-electron chi connectivity index (χ2n) is 2.85. The van der Waals surface area contributed by atoms with E-state index in [0.29, 0.717) is 11.5 Å². The highest BCUT2D eigenvalue weighted by Crippen LogP contribution is 2.21. The van der Waals surface area contributed by atoms with Gasteiger partial charge in [0.1, 0.15) is 11.3 Å². The van der Waals surface area contributed by atoms with Gasteiger partial charge in [0.05, 0.1) is 6.26 Å². The second-order valence-corrected chi connectivity index (χ2v) is 2.85. The number of carboxylic acids is 1. The molecular formula is C9H8N2O3. The van der Waals surface area contributed by atoms with E-state index in [1.807, 2.05) is 0 Å². The molecule has 72 valence electrons. The van der Waals surface area contributed by atoms with Gasteiger partial charge in [-0.3, -0.25) is 4.68 Å². The molecule has 0 atom stereocenters. The van der Waals surface area contributed by atoms with Gasteiger partial charge in [0, 0.05) is 13.2 Å². The van der Waals surface area contributed by atoms with Crippen LogP contribution in [0.4, 0.5) is 0 Å². The first kappa shape index (κ1) is 8.55. The Morgan fingerprint density at radius 3 is 3.00 bits per heavy atom. The van der Waals surface area contributed by atoms with Crippen LogP contribution in [-0.2, 0) is 7.05 Å². The molecular weight excluding hydrogens is 184 g/mol. The number of carbonyl (C=O) groups is 1. The van der Waals surface area contributed by atoms with Crippen molar-refractivity contribution in [2.75, 3.05) is 0 Å². The van der Waals surface area contributed by atoms with E-state index >= 15 is 0 Å². The van der Waals surface area contributed by atoms with E-state index in [9.17, 15) is 4.79 Å². The van der Waals surface area contributed by atoms with Crippen molar-refractivity contribution in [3.8, 4) is 11.5 Å². The average Bonchev–Trinajstić information content (AvgIpc) is 2.70. The summed E-state index contributed by atoms with van der Waals surface area (Å²) in [6.07, 6.45) is 2.93. The third kappa shape index (κ3) is 1.28. The number of furan rings is 1. The topological polar surface area (TPSA) is 68.3 Å². The largest absolute Gasteiger partial charge is 0.478 e. The molecule has 14 heavy (non-hydrogen) atoms. The third-order valence-corrected chi connectivity index (χ3v) is 1.81. The van der Waals surface area contributed by atoms with E-state index in [-0.39, 0.29) is 5.56 Å². The molecule has 5 nitrogen and oxygen atoms in total. The Morgan fingerprint density at radius 2 is 2.43 bits per heavy atom. The Hall–Kier alpha value is -2.04. The minimum absolute atomic E-state index is 0.141. The molecule has 2 rings (SSSR count). The summed E-state index contributed by atoms with van der Waals surface area (Å²) in [6, 6.07) is 3.37. The van der Waals surface area contributed by atoms with Crippen molar-refractivity contribution in [3.05, 3.63) is 30.2 Å². The number of aryl methyl sites for hydroxylation is 1. The first-order valence-corrected chi connectivity index (χ1v) is 3.99. The van der Waals surface area contributed by atoms with E-state index in [2.05, 4.69) is 5.10 Å². The van der Waals surface area contributed by atoms with Crippen LogP contribution in [0.25, 0.3) is 11.5 Å². The van der Waals surface area contributed by atoms with Crippen LogP contribution in [-0.4, -0.2) is 20.9 Å². The fraction of sp³-hybridized carbons (Fsp3) is 0.111. The Balaban J connectivity index is 2.58. The summed E-state index contributed by atoms with van der Waals surface area (Å²) < 4.78 is 6.53. The molecule has 0 saturated heterocycles. The van der Waals surface area contributed by atoms with E-state index in [0.717, 1.165) is 0 Å². The molecule has 5 heteroatoms. The normalized spacial score (nSPS) is 10.4. The van der Waals surface area contributed by atoms with Gasteiger partial charge in [0.25, 0.3) is 0 Å². The highest BCUT2D eigenvalue weighted by atomic mass is 16.4. The lowest BCUT2D eigenvalue weighted by Gasteiger charge is -1.91. The molecule has 2 aromatic heterocycles. The van der Waals surface area contributed by atoms with Gasteiger partial charge in [-0.25, -0.2) is 4.79 Å². The van der Waals surface area contributed by atoms with Gasteiger partial charge in [-0.05, 0) is 12.1 Å². The zero-order valence-corrected chi connectivity index (χ0v) is 7.47. The standard InChI is InChI=1S/C9H8N2O3/c1-11-5-6(9(12)13)8(10-11)7-3-2-4-14-7/h2-5H,1H3,(H,12,13). The minimum atomic E-state index is -1.01. The fourth-order valence-electron chi connectivity index (χ4n) is 1.24. The molecule has 0 fully saturated rings. The van der Waals surface area contributed by atoms with Crippen LogP contribution in [0.15, 0.2) is 29.0 Å². The number of aromatic nitrogens is 2. The SMILES string of the molecule is Cn1cc(C(=O)O)c(-c2ccco2)n1. The number of hydrogen-bond acceptors (Lipinski definition) is 3. The monoisotopic (exact) mass is 192 g/mol. The van der Waals surface area contributed by atoms with Gasteiger partial charge in [0.15, 0.2) is 5.76 Å². The van der Waals surface area contributed by atoms with Crippen molar-refractivity contribution in [1.82, 2.24) is 9.78 Å². The maximum Gasteiger partial charge on any atom is 0.339 e. The summed E-state index contributed by atoms with van der Waals surface area (Å²) in [5.74, 6) is -0.549. The molecule has 0 radical (unpaired) electrons. The van der Waals surface area contributed by atoms with Crippen LogP contribution in [0, 0.1) is 0 Å². The average molecular weight is 192 g/mol. The molecule has 0 aromatic carbocycles. The maximum atomic E-state index is 10.8. The van der Waals surface area contributed by atoms with Crippen LogP contribution < -0.4 is 0 Å². The Bertz CT molecular complexity index is 456. The number of aromatic carboxylic acids is 1. The zero-order valence-electron chi connectivity index (χ0n) is 7.47. The van der Waals surface area contributed by atoms with Crippen molar-refractivity contribution in [2.24, 2.45) is 7.05 Å². The lowest BCUT2D eigenvalue weighted by molar-refractivity contribution is 0.0697. The molecule has 0 aliphatic rings. The maximum absolute atomic E-state index is 10.8. The van der Waals surface area contributed by atoms with Gasteiger partial charge in [-0.1, -0.05) is 0 Å². The first-order chi connectivity index (χ1) is 6.68. The number of carboxylic acid groups (broad SMARTS) is 1. The van der Waals surface area contributed by atoms with Crippen molar-refractivity contribution >= 4 is 5.97 Å². The summed E-state index contributed by atoms with van der Waals surface area (Å²) in [7, 11) is 1.67. The second kappa shape index (κ2) is 3.02. The lowest BCUT2D eigenvalue weighted by atomic mass is 10.2. The fourth-order valence-corrected chi connectivity index (χ4v) is 1.24. The highest BCUT2D eigenvalue weighted by molar-refractivity contribution is 5.93. The van der Waals surface area contributed by atoms with Crippen LogP contribution in [0.5, 0.6) is 0 Å². The molecule has 2 aromatic rings. The zero-order chi connectivity index (χ0) is 10.1. The molecule has 0 aliphatic heterocycles. The first-order valence-electron chi connectivity index (χ1n) is 3.99. The van der Waals surface area contributed by atoms with Gasteiger partial charge in [-0.15, -0.1) is 0 Å². The number of nitrogens with zero attached hydrogens (tertiary/aromatic N) is 2. The predicted molar refractivity (Wildman–Crippen MR) is 47.9 cm³/mol. The summed E-state index contributed by atoms with van der Waals surface area (Å²) in [5.41, 5.74) is 0.493. The molecule has 0 aliphatic carbocycles. The smallest absolute Gasteiger partial charge is 0.339 e. The van der Waals surface area contributed by atoms with Crippen LogP contribution in [0.1, 0.15) is 10.4 Å². The van der Waals surface area contributed by atoms with Crippen LogP contribution in [0.3, 0.4) is 0 Å². The molecule has 0 saturated carbocycles. The summed E-state index contributed by atoms with van der Waals surface area (Å²) >= 11 is 0. The van der Waals surface area contributed by atoms with Gasteiger partial charge >= 0.3 is 5.97 Å². The Kier molecular flexibility index (Phi) is 1.85. The van der Waals surface area contributed by atoms with E-state index in [4.69, 9.17) is 9.52 Å². The predicted octanol–water partition coefficient (Wildman–Crippen LogP) is 1.38. The minimum Gasteiger partial charge on any atom is -0.478 e. The van der Waals surface area contributed by atoms with Gasteiger partial charge in [0.2, 0.25) is 0 Å². The van der Waals surface area contributed by atoms with Crippen molar-refractivity contribution in [1.29, 1.82) is 0 Å². The van der Waals surface area contributed by atoms with Gasteiger partial charge < -0.3 is 9.52 Å². The van der Waals surface area contributed by atoms with Crippen LogP contribution >= 0.6 is 0 Å². The lowest BCUT2D eigenvalue weighted by Crippen LogP contribution is -1.95. The number of hydrogen-bond donors (Lipinski definition) is 1. The van der Waals surface area contributed by atoms with Crippen molar-refractivity contribution in [2.45, 2.75) is 0 Å². The van der Waals surface area contributed by atoms with Crippen molar-refractivity contribution in [3.63, 3.8) is 0 Å². The number of rotatable bonds is 2. The molecule has 0 bridgehead atoms. The summed E-state index contributed by atoms with van der Waals surface area (Å²) in [5, 5.41) is 12.9. The molecule has 0 amide bonds. The Labute approximate surface area is 79.6 Å². The third-order valence-electron chi connectivity index (χ3n) is 1.81. The molecule has 0 unspecified atom stereocenters. The quantitative estimate of drug-likeness (QED) is 0.780.